The third-order valence-electron chi connectivity index (χ3n) is 7.31. The molecule has 7 rings (SSSR count). The average Bonchev–Trinajstić information content (AvgIpc) is 2.76. The van der Waals surface area contributed by atoms with Gasteiger partial charge in [-0.1, -0.05) is 36.4 Å². The highest BCUT2D eigenvalue weighted by Gasteiger charge is 2.46. The molecule has 2 nitrogen and oxygen atoms in total. The number of para-hydroxylation sites is 2. The zero-order valence-electron chi connectivity index (χ0n) is 16.8. The Morgan fingerprint density at radius 3 is 1.45 bits per heavy atom. The van der Waals surface area contributed by atoms with Crippen LogP contribution in [0.25, 0.3) is 0 Å². The summed E-state index contributed by atoms with van der Waals surface area (Å²) in [5.41, 5.74) is 5.03. The van der Waals surface area contributed by atoms with Crippen molar-refractivity contribution in [3.63, 3.8) is 0 Å². The molecular formula is C27H28N2. The normalized spacial score (nSPS) is 27.2. The van der Waals surface area contributed by atoms with Crippen LogP contribution in [0, 0.1) is 11.8 Å². The van der Waals surface area contributed by atoms with Crippen LogP contribution in [0.2, 0.25) is 0 Å². The minimum Gasteiger partial charge on any atom is -0.366 e. The first kappa shape index (κ1) is 17.1. The van der Waals surface area contributed by atoms with Gasteiger partial charge in [-0.25, -0.2) is 0 Å². The molecule has 3 aromatic carbocycles. The summed E-state index contributed by atoms with van der Waals surface area (Å²) >= 11 is 0. The number of anilines is 4. The SMILES string of the molecule is c1ccc(N(c2ccccc2)c2ccc(N3C4CC5CC(C4)CC3C5)cc2)cc1. The van der Waals surface area contributed by atoms with Gasteiger partial charge in [0.2, 0.25) is 0 Å². The van der Waals surface area contributed by atoms with Crippen molar-refractivity contribution in [3.05, 3.63) is 84.9 Å². The fourth-order valence-corrected chi connectivity index (χ4v) is 6.33. The lowest BCUT2D eigenvalue weighted by Gasteiger charge is -2.57. The van der Waals surface area contributed by atoms with Gasteiger partial charge >= 0.3 is 0 Å². The van der Waals surface area contributed by atoms with Gasteiger partial charge in [0.25, 0.3) is 0 Å². The lowest BCUT2D eigenvalue weighted by molar-refractivity contribution is 0.0900. The molecule has 0 N–H and O–H groups in total. The molecule has 2 heterocycles. The van der Waals surface area contributed by atoms with Crippen LogP contribution in [0.1, 0.15) is 32.1 Å². The third kappa shape index (κ3) is 3.02. The van der Waals surface area contributed by atoms with Crippen molar-refractivity contribution in [3.8, 4) is 0 Å². The number of hydrogen-bond donors (Lipinski definition) is 0. The Bertz CT molecular complexity index is 897. The van der Waals surface area contributed by atoms with E-state index in [9.17, 15) is 0 Å². The molecule has 3 aromatic rings. The van der Waals surface area contributed by atoms with Gasteiger partial charge in [-0.3, -0.25) is 0 Å². The summed E-state index contributed by atoms with van der Waals surface area (Å²) in [5, 5.41) is 0. The molecule has 0 radical (unpaired) electrons. The van der Waals surface area contributed by atoms with Crippen molar-refractivity contribution in [2.75, 3.05) is 9.80 Å². The maximum Gasteiger partial charge on any atom is 0.0463 e. The Labute approximate surface area is 173 Å². The van der Waals surface area contributed by atoms with E-state index in [0.29, 0.717) is 0 Å². The zero-order valence-corrected chi connectivity index (χ0v) is 16.8. The molecule has 4 fully saturated rings. The van der Waals surface area contributed by atoms with Crippen LogP contribution in [-0.4, -0.2) is 12.1 Å². The molecule has 0 aromatic heterocycles. The first-order chi connectivity index (χ1) is 14.3. The van der Waals surface area contributed by atoms with E-state index in [1.165, 1.54) is 54.9 Å². The first-order valence-corrected chi connectivity index (χ1v) is 11.1. The van der Waals surface area contributed by atoms with Crippen LogP contribution in [0.15, 0.2) is 84.9 Å². The predicted octanol–water partition coefficient (Wildman–Crippen LogP) is 6.92. The second-order valence-electron chi connectivity index (χ2n) is 9.15. The van der Waals surface area contributed by atoms with Gasteiger partial charge in [0.15, 0.2) is 0 Å². The zero-order chi connectivity index (χ0) is 19.2. The summed E-state index contributed by atoms with van der Waals surface area (Å²) < 4.78 is 0. The Balaban J connectivity index is 1.34. The second kappa shape index (κ2) is 6.95. The lowest BCUT2D eigenvalue weighted by atomic mass is 9.63. The molecule has 29 heavy (non-hydrogen) atoms. The fraction of sp³-hybridized carbons (Fsp3) is 0.333. The van der Waals surface area contributed by atoms with Crippen molar-refractivity contribution >= 4 is 22.7 Å². The summed E-state index contributed by atoms with van der Waals surface area (Å²) in [6, 6.07) is 32.2. The minimum atomic E-state index is 0.774. The van der Waals surface area contributed by atoms with E-state index in [4.69, 9.17) is 0 Å². The summed E-state index contributed by atoms with van der Waals surface area (Å²) in [5.74, 6) is 2.00. The van der Waals surface area contributed by atoms with Gasteiger partial charge < -0.3 is 9.80 Å². The molecule has 4 aliphatic rings. The van der Waals surface area contributed by atoms with E-state index in [-0.39, 0.29) is 0 Å². The average molecular weight is 381 g/mol. The van der Waals surface area contributed by atoms with Crippen LogP contribution >= 0.6 is 0 Å². The second-order valence-corrected chi connectivity index (χ2v) is 9.15. The van der Waals surface area contributed by atoms with Gasteiger partial charge in [0.1, 0.15) is 0 Å². The van der Waals surface area contributed by atoms with Gasteiger partial charge in [-0.2, -0.15) is 0 Å². The molecule has 0 spiro atoms. The number of rotatable bonds is 4. The molecule has 2 aliphatic carbocycles. The van der Waals surface area contributed by atoms with Crippen molar-refractivity contribution in [1.82, 2.24) is 0 Å². The molecular weight excluding hydrogens is 352 g/mol. The van der Waals surface area contributed by atoms with Crippen LogP contribution < -0.4 is 9.80 Å². The maximum atomic E-state index is 2.77. The Morgan fingerprint density at radius 2 is 0.966 bits per heavy atom. The van der Waals surface area contributed by atoms with E-state index in [0.717, 1.165) is 23.9 Å². The number of nitrogens with zero attached hydrogens (tertiary/aromatic N) is 2. The Kier molecular flexibility index (Phi) is 4.11. The van der Waals surface area contributed by atoms with Crippen LogP contribution in [0.4, 0.5) is 22.7 Å². The monoisotopic (exact) mass is 380 g/mol. The highest BCUT2D eigenvalue weighted by atomic mass is 15.2. The van der Waals surface area contributed by atoms with Gasteiger partial charge in [0.05, 0.1) is 0 Å². The molecule has 146 valence electrons. The Hall–Kier alpha value is -2.74. The summed E-state index contributed by atoms with van der Waals surface area (Å²) in [4.78, 5) is 5.11. The molecule has 2 saturated carbocycles. The molecule has 2 aliphatic heterocycles. The number of piperidine rings is 2. The van der Waals surface area contributed by atoms with Gasteiger partial charge in [0, 0.05) is 34.8 Å². The lowest BCUT2D eigenvalue weighted by Crippen LogP contribution is -2.58. The largest absolute Gasteiger partial charge is 0.366 e. The smallest absolute Gasteiger partial charge is 0.0463 e. The highest BCUT2D eigenvalue weighted by Crippen LogP contribution is 2.50. The third-order valence-corrected chi connectivity index (χ3v) is 7.31. The van der Waals surface area contributed by atoms with Crippen LogP contribution in [-0.2, 0) is 0 Å². The highest BCUT2D eigenvalue weighted by molar-refractivity contribution is 5.77. The summed E-state index contributed by atoms with van der Waals surface area (Å²) in [6.07, 6.45) is 7.15. The standard InChI is InChI=1S/C27H28N2/c1-3-7-22(8-4-1)28(23-9-5-2-6-10-23)24-11-13-25(14-12-24)29-26-16-20-15-21(18-26)19-27(29)17-20/h1-14,20-21,26-27H,15-19H2. The van der Waals surface area contributed by atoms with Crippen molar-refractivity contribution in [2.45, 2.75) is 44.2 Å². The van der Waals surface area contributed by atoms with Crippen molar-refractivity contribution in [2.24, 2.45) is 11.8 Å². The van der Waals surface area contributed by atoms with E-state index in [1.54, 1.807) is 0 Å². The van der Waals surface area contributed by atoms with Crippen LogP contribution in [0.5, 0.6) is 0 Å². The molecule has 4 bridgehead atoms. The van der Waals surface area contributed by atoms with Gasteiger partial charge in [-0.05, 0) is 92.5 Å². The molecule has 0 amide bonds. The molecule has 0 unspecified atom stereocenters. The number of hydrogen-bond acceptors (Lipinski definition) is 2. The molecule has 2 heteroatoms. The number of benzene rings is 3. The van der Waals surface area contributed by atoms with E-state index >= 15 is 0 Å². The quantitative estimate of drug-likeness (QED) is 0.484. The maximum absolute atomic E-state index is 2.77. The molecule has 2 saturated heterocycles. The van der Waals surface area contributed by atoms with Crippen molar-refractivity contribution in [1.29, 1.82) is 0 Å². The summed E-state index contributed by atoms with van der Waals surface area (Å²) in [6.45, 7) is 0. The minimum absolute atomic E-state index is 0.774. The predicted molar refractivity (Wildman–Crippen MR) is 121 cm³/mol. The van der Waals surface area contributed by atoms with E-state index in [1.807, 2.05) is 0 Å². The van der Waals surface area contributed by atoms with E-state index < -0.39 is 0 Å². The summed E-state index contributed by atoms with van der Waals surface area (Å²) in [7, 11) is 0. The Morgan fingerprint density at radius 1 is 0.517 bits per heavy atom. The van der Waals surface area contributed by atoms with Crippen LogP contribution in [0.3, 0.4) is 0 Å². The first-order valence-electron chi connectivity index (χ1n) is 11.1. The van der Waals surface area contributed by atoms with Crippen molar-refractivity contribution < 1.29 is 0 Å². The molecule has 0 atom stereocenters. The fourth-order valence-electron chi connectivity index (χ4n) is 6.33. The topological polar surface area (TPSA) is 6.48 Å². The van der Waals surface area contributed by atoms with E-state index in [2.05, 4.69) is 94.7 Å². The van der Waals surface area contributed by atoms with Gasteiger partial charge in [-0.15, -0.1) is 0 Å².